The zero-order chi connectivity index (χ0) is 19.9. The van der Waals surface area contributed by atoms with Crippen molar-refractivity contribution in [2.75, 3.05) is 0 Å². The molecule has 0 radical (unpaired) electrons. The summed E-state index contributed by atoms with van der Waals surface area (Å²) in [5.74, 6) is 0. The predicted molar refractivity (Wildman–Crippen MR) is 115 cm³/mol. The molecule has 0 spiro atoms. The fourth-order valence-electron chi connectivity index (χ4n) is 3.78. The third-order valence-corrected chi connectivity index (χ3v) is 5.24. The van der Waals surface area contributed by atoms with Gasteiger partial charge in [-0.25, -0.2) is 15.0 Å². The molecule has 142 valence electrons. The van der Waals surface area contributed by atoms with Crippen LogP contribution in [-0.4, -0.2) is 35.1 Å². The molecule has 0 atom stereocenters. The van der Waals surface area contributed by atoms with E-state index in [0.717, 1.165) is 55.6 Å². The van der Waals surface area contributed by atoms with Crippen LogP contribution in [0.4, 0.5) is 0 Å². The Morgan fingerprint density at radius 1 is 0.700 bits per heavy atom. The van der Waals surface area contributed by atoms with E-state index in [4.69, 9.17) is 0 Å². The minimum atomic E-state index is 0.822. The Morgan fingerprint density at radius 3 is 2.43 bits per heavy atom. The average Bonchev–Trinajstić information content (AvgIpc) is 3.43. The number of aromatic amines is 2. The van der Waals surface area contributed by atoms with Gasteiger partial charge in [-0.1, -0.05) is 6.07 Å². The van der Waals surface area contributed by atoms with E-state index in [1.807, 2.05) is 48.9 Å². The summed E-state index contributed by atoms with van der Waals surface area (Å²) in [4.78, 5) is 20.3. The number of hydrogen-bond acceptors (Lipinski definition) is 5. The highest BCUT2D eigenvalue weighted by Gasteiger charge is 2.15. The Bertz CT molecular complexity index is 1480. The van der Waals surface area contributed by atoms with Gasteiger partial charge in [0.05, 0.1) is 11.2 Å². The number of fused-ring (bicyclic) bond motifs is 2. The van der Waals surface area contributed by atoms with E-state index in [1.165, 1.54) is 6.33 Å². The summed E-state index contributed by atoms with van der Waals surface area (Å²) in [7, 11) is 0. The smallest absolute Gasteiger partial charge is 0.138 e. The topological polar surface area (TPSA) is 96.0 Å². The van der Waals surface area contributed by atoms with E-state index in [1.54, 1.807) is 12.4 Å². The third kappa shape index (κ3) is 2.64. The molecular weight excluding hydrogens is 374 g/mol. The monoisotopic (exact) mass is 389 g/mol. The van der Waals surface area contributed by atoms with Crippen molar-refractivity contribution < 1.29 is 0 Å². The Morgan fingerprint density at radius 2 is 1.57 bits per heavy atom. The predicted octanol–water partition coefficient (Wildman–Crippen LogP) is 4.63. The first kappa shape index (κ1) is 16.6. The first-order valence-electron chi connectivity index (χ1n) is 9.49. The van der Waals surface area contributed by atoms with Crippen LogP contribution in [0.2, 0.25) is 0 Å². The summed E-state index contributed by atoms with van der Waals surface area (Å²) < 4.78 is 0. The summed E-state index contributed by atoms with van der Waals surface area (Å²) in [5, 5.41) is 9.76. The molecule has 6 rings (SSSR count). The van der Waals surface area contributed by atoms with Crippen LogP contribution < -0.4 is 0 Å². The van der Waals surface area contributed by atoms with Crippen molar-refractivity contribution in [2.24, 2.45) is 0 Å². The maximum Gasteiger partial charge on any atom is 0.138 e. The second-order valence-corrected chi connectivity index (χ2v) is 7.00. The van der Waals surface area contributed by atoms with Gasteiger partial charge in [0.25, 0.3) is 0 Å². The SMILES string of the molecule is c1cc(-c2ccnc3[nH]c(-c4n[nH]c5ccc(-c6cncnc6)cc45)cc23)ccn1. The van der Waals surface area contributed by atoms with Gasteiger partial charge in [0, 0.05) is 47.3 Å². The Balaban J connectivity index is 1.52. The van der Waals surface area contributed by atoms with E-state index >= 15 is 0 Å². The molecule has 0 fully saturated rings. The molecule has 7 nitrogen and oxygen atoms in total. The molecule has 0 amide bonds. The highest BCUT2D eigenvalue weighted by atomic mass is 15.1. The van der Waals surface area contributed by atoms with Gasteiger partial charge < -0.3 is 4.98 Å². The highest BCUT2D eigenvalue weighted by molar-refractivity contribution is 6.00. The largest absolute Gasteiger partial charge is 0.338 e. The van der Waals surface area contributed by atoms with E-state index < -0.39 is 0 Å². The zero-order valence-electron chi connectivity index (χ0n) is 15.7. The first-order chi connectivity index (χ1) is 14.9. The van der Waals surface area contributed by atoms with Gasteiger partial charge in [-0.15, -0.1) is 0 Å². The van der Waals surface area contributed by atoms with E-state index in [-0.39, 0.29) is 0 Å². The lowest BCUT2D eigenvalue weighted by molar-refractivity contribution is 1.12. The van der Waals surface area contributed by atoms with E-state index in [9.17, 15) is 0 Å². The maximum absolute atomic E-state index is 4.57. The summed E-state index contributed by atoms with van der Waals surface area (Å²) in [5.41, 5.74) is 7.75. The molecule has 0 saturated heterocycles. The minimum absolute atomic E-state index is 0.822. The molecule has 0 saturated carbocycles. The fourth-order valence-corrected chi connectivity index (χ4v) is 3.78. The molecule has 0 aliphatic rings. The van der Waals surface area contributed by atoms with Crippen molar-refractivity contribution in [2.45, 2.75) is 0 Å². The van der Waals surface area contributed by atoms with Crippen molar-refractivity contribution in [3.63, 3.8) is 0 Å². The second kappa shape index (κ2) is 6.59. The van der Waals surface area contributed by atoms with Crippen molar-refractivity contribution in [3.05, 3.63) is 79.8 Å². The molecule has 0 unspecified atom stereocenters. The number of nitrogens with one attached hydrogen (secondary N) is 2. The molecule has 2 N–H and O–H groups in total. The second-order valence-electron chi connectivity index (χ2n) is 7.00. The molecule has 5 heterocycles. The molecule has 0 bridgehead atoms. The summed E-state index contributed by atoms with van der Waals surface area (Å²) in [6.45, 7) is 0. The van der Waals surface area contributed by atoms with Gasteiger partial charge in [0.1, 0.15) is 17.7 Å². The van der Waals surface area contributed by atoms with Crippen molar-refractivity contribution in [1.82, 2.24) is 35.1 Å². The summed E-state index contributed by atoms with van der Waals surface area (Å²) >= 11 is 0. The van der Waals surface area contributed by atoms with Gasteiger partial charge in [-0.3, -0.25) is 10.1 Å². The number of hydrogen-bond donors (Lipinski definition) is 2. The lowest BCUT2D eigenvalue weighted by Gasteiger charge is -2.01. The van der Waals surface area contributed by atoms with E-state index in [2.05, 4.69) is 47.2 Å². The number of rotatable bonds is 3. The fraction of sp³-hybridized carbons (Fsp3) is 0. The average molecular weight is 389 g/mol. The van der Waals surface area contributed by atoms with Gasteiger partial charge in [-0.05, 0) is 53.1 Å². The van der Waals surface area contributed by atoms with Crippen LogP contribution in [-0.2, 0) is 0 Å². The number of benzene rings is 1. The normalized spacial score (nSPS) is 11.3. The van der Waals surface area contributed by atoms with Gasteiger partial charge >= 0.3 is 0 Å². The number of aromatic nitrogens is 7. The first-order valence-corrected chi connectivity index (χ1v) is 9.49. The number of pyridine rings is 2. The van der Waals surface area contributed by atoms with Gasteiger partial charge in [0.2, 0.25) is 0 Å². The Labute approximate surface area is 170 Å². The summed E-state index contributed by atoms with van der Waals surface area (Å²) in [6, 6.07) is 14.3. The Hall–Kier alpha value is -4.39. The minimum Gasteiger partial charge on any atom is -0.338 e. The highest BCUT2D eigenvalue weighted by Crippen LogP contribution is 2.34. The number of nitrogens with zero attached hydrogens (tertiary/aromatic N) is 5. The van der Waals surface area contributed by atoms with Crippen LogP contribution in [0.5, 0.6) is 0 Å². The molecule has 1 aromatic carbocycles. The van der Waals surface area contributed by atoms with E-state index in [0.29, 0.717) is 0 Å². The molecular formula is C23H15N7. The molecule has 5 aromatic heterocycles. The van der Waals surface area contributed by atoms with Crippen molar-refractivity contribution in [1.29, 1.82) is 0 Å². The van der Waals surface area contributed by atoms with Crippen LogP contribution in [0.25, 0.3) is 55.6 Å². The molecule has 30 heavy (non-hydrogen) atoms. The van der Waals surface area contributed by atoms with Crippen LogP contribution in [0.15, 0.2) is 79.8 Å². The van der Waals surface area contributed by atoms with Crippen molar-refractivity contribution >= 4 is 21.9 Å². The lowest BCUT2D eigenvalue weighted by Crippen LogP contribution is -1.83. The third-order valence-electron chi connectivity index (χ3n) is 5.24. The molecule has 6 aromatic rings. The molecule has 7 heteroatoms. The summed E-state index contributed by atoms with van der Waals surface area (Å²) in [6.07, 6.45) is 10.6. The quantitative estimate of drug-likeness (QED) is 0.460. The lowest BCUT2D eigenvalue weighted by atomic mass is 10.0. The van der Waals surface area contributed by atoms with Crippen LogP contribution >= 0.6 is 0 Å². The molecule has 0 aliphatic heterocycles. The number of H-pyrrole nitrogens is 2. The molecule has 0 aliphatic carbocycles. The standard InChI is InChI=1S/C23H15N7/c1-2-20-19(9-15(1)16-11-25-13-26-12-16)22(30-29-20)21-10-18-17(5-8-27-23(18)28-21)14-3-6-24-7-4-14/h1-13H,(H,27,28)(H,29,30). The van der Waals surface area contributed by atoms with Gasteiger partial charge in [-0.2, -0.15) is 5.10 Å². The van der Waals surface area contributed by atoms with Crippen LogP contribution in [0, 0.1) is 0 Å². The van der Waals surface area contributed by atoms with Crippen LogP contribution in [0.1, 0.15) is 0 Å². The van der Waals surface area contributed by atoms with Crippen LogP contribution in [0.3, 0.4) is 0 Å². The zero-order valence-corrected chi connectivity index (χ0v) is 15.7. The van der Waals surface area contributed by atoms with Crippen molar-refractivity contribution in [3.8, 4) is 33.6 Å². The maximum atomic E-state index is 4.57. The van der Waals surface area contributed by atoms with Gasteiger partial charge in [0.15, 0.2) is 0 Å². The Kier molecular flexibility index (Phi) is 3.64.